The first-order valence-electron chi connectivity index (χ1n) is 7.37. The average molecular weight is 342 g/mol. The third-order valence-corrected chi connectivity index (χ3v) is 3.24. The minimum atomic E-state index is -0.663. The van der Waals surface area contributed by atoms with Crippen molar-refractivity contribution in [2.24, 2.45) is 5.73 Å². The zero-order chi connectivity index (χ0) is 18.2. The molecule has 25 heavy (non-hydrogen) atoms. The number of hydrogen-bond acceptors (Lipinski definition) is 4. The van der Waals surface area contributed by atoms with E-state index < -0.39 is 12.1 Å². The highest BCUT2D eigenvalue weighted by molar-refractivity contribution is 6.02. The molecule has 2 rings (SSSR count). The summed E-state index contributed by atoms with van der Waals surface area (Å²) >= 11 is 0. The summed E-state index contributed by atoms with van der Waals surface area (Å²) in [6, 6.07) is 12.8. The van der Waals surface area contributed by atoms with E-state index in [0.717, 1.165) is 5.56 Å². The molecule has 2 aromatic carbocycles. The van der Waals surface area contributed by atoms with Crippen LogP contribution in [0.5, 0.6) is 0 Å². The number of nitrogens with two attached hydrogens (primary N) is 1. The Kier molecular flexibility index (Phi) is 5.94. The van der Waals surface area contributed by atoms with Crippen LogP contribution in [0.25, 0.3) is 0 Å². The van der Waals surface area contributed by atoms with Crippen molar-refractivity contribution in [3.05, 3.63) is 59.7 Å². The standard InChI is InChI=1S/C17H18N4O4/c1-25-17(24)21-14-8-3-2-7-13(14)15(22)19-10-11-5-4-6-12(9-11)20-16(18)23/h2-9H,10H2,1H3,(H,19,22)(H,21,24)(H3,18,20,23). The Morgan fingerprint density at radius 2 is 1.80 bits per heavy atom. The molecule has 0 heterocycles. The van der Waals surface area contributed by atoms with E-state index in [1.165, 1.54) is 7.11 Å². The summed E-state index contributed by atoms with van der Waals surface area (Å²) in [5, 5.41) is 7.71. The van der Waals surface area contributed by atoms with Crippen molar-refractivity contribution in [2.45, 2.75) is 6.54 Å². The molecule has 0 radical (unpaired) electrons. The number of rotatable bonds is 5. The SMILES string of the molecule is COC(=O)Nc1ccccc1C(=O)NCc1cccc(NC(N)=O)c1. The van der Waals surface area contributed by atoms with Gasteiger partial charge in [0.1, 0.15) is 0 Å². The lowest BCUT2D eigenvalue weighted by Gasteiger charge is -2.11. The van der Waals surface area contributed by atoms with Gasteiger partial charge in [-0.25, -0.2) is 9.59 Å². The monoisotopic (exact) mass is 342 g/mol. The summed E-state index contributed by atoms with van der Waals surface area (Å²) in [5.41, 5.74) is 7.03. The normalized spacial score (nSPS) is 9.80. The summed E-state index contributed by atoms with van der Waals surface area (Å²) < 4.78 is 4.54. The number of hydrogen-bond donors (Lipinski definition) is 4. The van der Waals surface area contributed by atoms with Crippen molar-refractivity contribution in [2.75, 3.05) is 17.7 Å². The van der Waals surface area contributed by atoms with E-state index in [0.29, 0.717) is 16.9 Å². The highest BCUT2D eigenvalue weighted by atomic mass is 16.5. The fraction of sp³-hybridized carbons (Fsp3) is 0.118. The van der Waals surface area contributed by atoms with Gasteiger partial charge in [0.05, 0.1) is 18.4 Å². The van der Waals surface area contributed by atoms with E-state index in [4.69, 9.17) is 5.73 Å². The van der Waals surface area contributed by atoms with Gasteiger partial charge < -0.3 is 21.1 Å². The molecule has 0 spiro atoms. The van der Waals surface area contributed by atoms with E-state index in [1.54, 1.807) is 48.5 Å². The molecule has 5 N–H and O–H groups in total. The quantitative estimate of drug-likeness (QED) is 0.665. The van der Waals surface area contributed by atoms with Crippen LogP contribution < -0.4 is 21.7 Å². The van der Waals surface area contributed by atoms with Crippen molar-refractivity contribution in [3.63, 3.8) is 0 Å². The first-order chi connectivity index (χ1) is 12.0. The maximum Gasteiger partial charge on any atom is 0.411 e. The van der Waals surface area contributed by atoms with Crippen LogP contribution in [0.2, 0.25) is 0 Å². The van der Waals surface area contributed by atoms with Crippen molar-refractivity contribution < 1.29 is 19.1 Å². The number of methoxy groups -OCH3 is 1. The van der Waals surface area contributed by atoms with Gasteiger partial charge in [0.25, 0.3) is 5.91 Å². The first-order valence-corrected chi connectivity index (χ1v) is 7.37. The molecule has 0 saturated heterocycles. The van der Waals surface area contributed by atoms with E-state index >= 15 is 0 Å². The number of nitrogens with one attached hydrogen (secondary N) is 3. The molecular weight excluding hydrogens is 324 g/mol. The molecule has 0 saturated carbocycles. The molecule has 0 aliphatic carbocycles. The number of primary amides is 1. The second-order valence-corrected chi connectivity index (χ2v) is 5.03. The van der Waals surface area contributed by atoms with Gasteiger partial charge in [-0.15, -0.1) is 0 Å². The number of carbonyl (C=O) groups is 3. The Morgan fingerprint density at radius 3 is 2.52 bits per heavy atom. The number of benzene rings is 2. The summed E-state index contributed by atoms with van der Waals surface area (Å²) in [7, 11) is 1.24. The number of urea groups is 1. The number of carbonyl (C=O) groups excluding carboxylic acids is 3. The van der Waals surface area contributed by atoms with Gasteiger partial charge in [0.2, 0.25) is 0 Å². The molecule has 0 bridgehead atoms. The Bertz CT molecular complexity index is 792. The van der Waals surface area contributed by atoms with Crippen LogP contribution in [0.3, 0.4) is 0 Å². The molecule has 8 heteroatoms. The van der Waals surface area contributed by atoms with Crippen molar-refractivity contribution in [3.8, 4) is 0 Å². The van der Waals surface area contributed by atoms with Gasteiger partial charge in [-0.3, -0.25) is 10.1 Å². The molecule has 2 aromatic rings. The molecule has 4 amide bonds. The predicted octanol–water partition coefficient (Wildman–Crippen LogP) is 2.29. The van der Waals surface area contributed by atoms with Crippen molar-refractivity contribution in [1.82, 2.24) is 5.32 Å². The summed E-state index contributed by atoms with van der Waals surface area (Å²) in [5.74, 6) is -0.361. The molecule has 0 aliphatic rings. The topological polar surface area (TPSA) is 123 Å². The minimum absolute atomic E-state index is 0.236. The third kappa shape index (κ3) is 5.24. The number of para-hydroxylation sites is 1. The van der Waals surface area contributed by atoms with Crippen molar-refractivity contribution in [1.29, 1.82) is 0 Å². The number of ether oxygens (including phenoxy) is 1. The maximum atomic E-state index is 12.4. The van der Waals surface area contributed by atoms with Crippen LogP contribution in [0.1, 0.15) is 15.9 Å². The van der Waals surface area contributed by atoms with Gasteiger partial charge in [-0.1, -0.05) is 24.3 Å². The van der Waals surface area contributed by atoms with Crippen LogP contribution >= 0.6 is 0 Å². The Hall–Kier alpha value is -3.55. The zero-order valence-electron chi connectivity index (χ0n) is 13.5. The maximum absolute atomic E-state index is 12.4. The zero-order valence-corrected chi connectivity index (χ0v) is 13.5. The number of amides is 4. The fourth-order valence-corrected chi connectivity index (χ4v) is 2.13. The molecule has 0 fully saturated rings. The van der Waals surface area contributed by atoms with E-state index in [9.17, 15) is 14.4 Å². The van der Waals surface area contributed by atoms with Gasteiger partial charge in [0.15, 0.2) is 0 Å². The van der Waals surface area contributed by atoms with E-state index in [-0.39, 0.29) is 12.5 Å². The molecular formula is C17H18N4O4. The molecule has 0 aromatic heterocycles. The van der Waals surface area contributed by atoms with Crippen LogP contribution in [-0.4, -0.2) is 25.1 Å². The Morgan fingerprint density at radius 1 is 1.04 bits per heavy atom. The van der Waals surface area contributed by atoms with Gasteiger partial charge >= 0.3 is 12.1 Å². The van der Waals surface area contributed by atoms with E-state index in [2.05, 4.69) is 20.7 Å². The van der Waals surface area contributed by atoms with Crippen LogP contribution in [0, 0.1) is 0 Å². The highest BCUT2D eigenvalue weighted by Gasteiger charge is 2.13. The molecule has 0 atom stereocenters. The molecule has 130 valence electrons. The van der Waals surface area contributed by atoms with Gasteiger partial charge in [-0.05, 0) is 29.8 Å². The van der Waals surface area contributed by atoms with Crippen LogP contribution in [-0.2, 0) is 11.3 Å². The van der Waals surface area contributed by atoms with E-state index in [1.807, 2.05) is 0 Å². The number of anilines is 2. The average Bonchev–Trinajstić information content (AvgIpc) is 2.60. The molecule has 0 unspecified atom stereocenters. The minimum Gasteiger partial charge on any atom is -0.453 e. The summed E-state index contributed by atoms with van der Waals surface area (Å²) in [4.78, 5) is 34.6. The third-order valence-electron chi connectivity index (χ3n) is 3.24. The summed E-state index contributed by atoms with van der Waals surface area (Å²) in [6.07, 6.45) is -0.662. The Labute approximate surface area is 144 Å². The second kappa shape index (κ2) is 8.34. The predicted molar refractivity (Wildman–Crippen MR) is 93.3 cm³/mol. The summed E-state index contributed by atoms with van der Waals surface area (Å²) in [6.45, 7) is 0.236. The smallest absolute Gasteiger partial charge is 0.411 e. The van der Waals surface area contributed by atoms with Gasteiger partial charge in [0, 0.05) is 12.2 Å². The lowest BCUT2D eigenvalue weighted by molar-refractivity contribution is 0.0951. The molecule has 0 aliphatic heterocycles. The van der Waals surface area contributed by atoms with Crippen molar-refractivity contribution >= 4 is 29.4 Å². The second-order valence-electron chi connectivity index (χ2n) is 5.03. The Balaban J connectivity index is 2.06. The largest absolute Gasteiger partial charge is 0.453 e. The van der Waals surface area contributed by atoms with Crippen LogP contribution in [0.15, 0.2) is 48.5 Å². The van der Waals surface area contributed by atoms with Crippen LogP contribution in [0.4, 0.5) is 21.0 Å². The first kappa shape index (κ1) is 17.8. The highest BCUT2D eigenvalue weighted by Crippen LogP contribution is 2.16. The molecule has 8 nitrogen and oxygen atoms in total. The fourth-order valence-electron chi connectivity index (χ4n) is 2.13. The lowest BCUT2D eigenvalue weighted by atomic mass is 10.1. The lowest BCUT2D eigenvalue weighted by Crippen LogP contribution is -2.25. The van der Waals surface area contributed by atoms with Gasteiger partial charge in [-0.2, -0.15) is 0 Å².